The van der Waals surface area contributed by atoms with E-state index >= 15 is 0 Å². The molecular formula is C12H13FN2O. The van der Waals surface area contributed by atoms with E-state index in [0.717, 1.165) is 6.42 Å². The predicted octanol–water partition coefficient (Wildman–Crippen LogP) is 0.999. The van der Waals surface area contributed by atoms with Crippen LogP contribution in [0.1, 0.15) is 16.8 Å². The first-order valence-electron chi connectivity index (χ1n) is 5.42. The summed E-state index contributed by atoms with van der Waals surface area (Å²) in [4.78, 5) is 13.7. The third-order valence-electron chi connectivity index (χ3n) is 3.56. The molecule has 2 atom stereocenters. The first-order chi connectivity index (χ1) is 7.58. The minimum absolute atomic E-state index is 0.114. The number of nitrogens with zero attached hydrogens (tertiary/aromatic N) is 1. The van der Waals surface area contributed by atoms with E-state index in [4.69, 9.17) is 5.73 Å². The second-order valence-corrected chi connectivity index (χ2v) is 4.83. The summed E-state index contributed by atoms with van der Waals surface area (Å²) in [5, 5.41) is 0. The van der Waals surface area contributed by atoms with Gasteiger partial charge in [-0.25, -0.2) is 4.39 Å². The largest absolute Gasteiger partial charge is 0.336 e. The monoisotopic (exact) mass is 220 g/mol. The first kappa shape index (κ1) is 9.78. The van der Waals surface area contributed by atoms with Gasteiger partial charge in [-0.15, -0.1) is 0 Å². The van der Waals surface area contributed by atoms with E-state index in [2.05, 4.69) is 0 Å². The van der Waals surface area contributed by atoms with E-state index in [1.54, 1.807) is 17.0 Å². The van der Waals surface area contributed by atoms with Crippen LogP contribution in [0.25, 0.3) is 0 Å². The molecule has 4 heteroatoms. The highest BCUT2D eigenvalue weighted by atomic mass is 19.1. The summed E-state index contributed by atoms with van der Waals surface area (Å²) in [5.74, 6) is -0.0424. The average molecular weight is 220 g/mol. The lowest BCUT2D eigenvalue weighted by atomic mass is 10.2. The number of halogens is 1. The Balaban J connectivity index is 1.79. The van der Waals surface area contributed by atoms with Gasteiger partial charge in [0, 0.05) is 24.2 Å². The third kappa shape index (κ3) is 1.41. The number of nitrogens with two attached hydrogens (primary N) is 1. The molecule has 2 aliphatic rings. The van der Waals surface area contributed by atoms with Crippen LogP contribution in [-0.2, 0) is 0 Å². The van der Waals surface area contributed by atoms with Crippen molar-refractivity contribution in [2.45, 2.75) is 12.0 Å². The van der Waals surface area contributed by atoms with Gasteiger partial charge >= 0.3 is 0 Å². The highest BCUT2D eigenvalue weighted by Crippen LogP contribution is 2.47. The first-order valence-corrected chi connectivity index (χ1v) is 5.42. The van der Waals surface area contributed by atoms with Crippen molar-refractivity contribution in [2.24, 2.45) is 11.7 Å². The van der Waals surface area contributed by atoms with Crippen LogP contribution in [0.15, 0.2) is 24.3 Å². The Labute approximate surface area is 93.0 Å². The van der Waals surface area contributed by atoms with Crippen LogP contribution in [0.4, 0.5) is 4.39 Å². The molecule has 1 heterocycles. The van der Waals surface area contributed by atoms with Crippen LogP contribution >= 0.6 is 0 Å². The number of hydrogen-bond donors (Lipinski definition) is 1. The number of fused-ring (bicyclic) bond motifs is 1. The fraction of sp³-hybridized carbons (Fsp3) is 0.417. The number of carbonyl (C=O) groups is 1. The Hall–Kier alpha value is -1.42. The van der Waals surface area contributed by atoms with Crippen molar-refractivity contribution < 1.29 is 9.18 Å². The Morgan fingerprint density at radius 3 is 3.00 bits per heavy atom. The van der Waals surface area contributed by atoms with E-state index < -0.39 is 0 Å². The molecule has 84 valence electrons. The summed E-state index contributed by atoms with van der Waals surface area (Å²) in [5.41, 5.74) is 6.28. The third-order valence-corrected chi connectivity index (χ3v) is 3.56. The van der Waals surface area contributed by atoms with Gasteiger partial charge in [0.1, 0.15) is 5.82 Å². The molecule has 0 bridgehead atoms. The molecule has 1 aromatic rings. The van der Waals surface area contributed by atoms with E-state index in [1.165, 1.54) is 12.1 Å². The van der Waals surface area contributed by atoms with Crippen molar-refractivity contribution in [1.29, 1.82) is 0 Å². The minimum Gasteiger partial charge on any atom is -0.336 e. The summed E-state index contributed by atoms with van der Waals surface area (Å²) in [6, 6.07) is 5.80. The Morgan fingerprint density at radius 2 is 2.38 bits per heavy atom. The van der Waals surface area contributed by atoms with Crippen molar-refractivity contribution in [3.8, 4) is 0 Å². The molecule has 0 spiro atoms. The SMILES string of the molecule is NC12CC1CN(C(=O)c1cccc(F)c1)C2. The Bertz CT molecular complexity index is 462. The smallest absolute Gasteiger partial charge is 0.254 e. The van der Waals surface area contributed by atoms with Gasteiger partial charge in [-0.1, -0.05) is 6.07 Å². The normalized spacial score (nSPS) is 31.4. The lowest BCUT2D eigenvalue weighted by Crippen LogP contribution is -2.37. The number of piperidine rings is 1. The molecular weight excluding hydrogens is 207 g/mol. The molecule has 3 rings (SSSR count). The van der Waals surface area contributed by atoms with Gasteiger partial charge in [0.15, 0.2) is 0 Å². The molecule has 16 heavy (non-hydrogen) atoms. The zero-order chi connectivity index (χ0) is 11.3. The van der Waals surface area contributed by atoms with Gasteiger partial charge in [-0.05, 0) is 30.5 Å². The summed E-state index contributed by atoms with van der Waals surface area (Å²) in [7, 11) is 0. The highest BCUT2D eigenvalue weighted by molar-refractivity contribution is 5.94. The standard InChI is InChI=1S/C12H13FN2O/c13-10-3-1-2-8(4-10)11(16)15-6-9-5-12(9,14)7-15/h1-4,9H,5-7,14H2. The molecule has 1 saturated carbocycles. The van der Waals surface area contributed by atoms with Crippen molar-refractivity contribution >= 4 is 5.91 Å². The maximum atomic E-state index is 13.0. The van der Waals surface area contributed by atoms with Crippen LogP contribution < -0.4 is 5.73 Å². The average Bonchev–Trinajstić information content (AvgIpc) is 2.76. The van der Waals surface area contributed by atoms with Gasteiger partial charge in [-0.3, -0.25) is 4.79 Å². The molecule has 1 aliphatic heterocycles. The summed E-state index contributed by atoms with van der Waals surface area (Å²) >= 11 is 0. The molecule has 0 aromatic heterocycles. The molecule has 1 aromatic carbocycles. The van der Waals surface area contributed by atoms with Gasteiger partial charge in [0.2, 0.25) is 0 Å². The van der Waals surface area contributed by atoms with Crippen LogP contribution in [0.3, 0.4) is 0 Å². The second kappa shape index (κ2) is 3.04. The molecule has 2 fully saturated rings. The van der Waals surface area contributed by atoms with E-state index in [0.29, 0.717) is 24.6 Å². The topological polar surface area (TPSA) is 46.3 Å². The van der Waals surface area contributed by atoms with Gasteiger partial charge in [-0.2, -0.15) is 0 Å². The number of hydrogen-bond acceptors (Lipinski definition) is 2. The summed E-state index contributed by atoms with van der Waals surface area (Å²) < 4.78 is 13.0. The van der Waals surface area contributed by atoms with E-state index in [1.807, 2.05) is 0 Å². The fourth-order valence-electron chi connectivity index (χ4n) is 2.48. The van der Waals surface area contributed by atoms with Crippen molar-refractivity contribution in [3.63, 3.8) is 0 Å². The van der Waals surface area contributed by atoms with Crippen LogP contribution in [0, 0.1) is 11.7 Å². The molecule has 1 saturated heterocycles. The van der Waals surface area contributed by atoms with E-state index in [9.17, 15) is 9.18 Å². The fourth-order valence-corrected chi connectivity index (χ4v) is 2.48. The number of likely N-dealkylation sites (tertiary alicyclic amines) is 1. The molecule has 1 amide bonds. The van der Waals surface area contributed by atoms with Crippen molar-refractivity contribution in [1.82, 2.24) is 4.90 Å². The molecule has 2 unspecified atom stereocenters. The molecule has 2 N–H and O–H groups in total. The van der Waals surface area contributed by atoms with E-state index in [-0.39, 0.29) is 17.3 Å². The van der Waals surface area contributed by atoms with Crippen molar-refractivity contribution in [3.05, 3.63) is 35.6 Å². The maximum Gasteiger partial charge on any atom is 0.254 e. The van der Waals surface area contributed by atoms with Crippen LogP contribution in [0.5, 0.6) is 0 Å². The number of carbonyl (C=O) groups excluding carboxylic acids is 1. The number of rotatable bonds is 1. The highest BCUT2D eigenvalue weighted by Gasteiger charge is 2.58. The lowest BCUT2D eigenvalue weighted by molar-refractivity contribution is 0.0772. The zero-order valence-corrected chi connectivity index (χ0v) is 8.82. The van der Waals surface area contributed by atoms with Crippen molar-refractivity contribution in [2.75, 3.05) is 13.1 Å². The summed E-state index contributed by atoms with van der Waals surface area (Å²) in [6.07, 6.45) is 1.01. The van der Waals surface area contributed by atoms with Crippen LogP contribution in [0.2, 0.25) is 0 Å². The Kier molecular flexibility index (Phi) is 1.86. The predicted molar refractivity (Wildman–Crippen MR) is 57.3 cm³/mol. The van der Waals surface area contributed by atoms with Gasteiger partial charge in [0.25, 0.3) is 5.91 Å². The molecule has 1 aliphatic carbocycles. The number of amides is 1. The molecule has 3 nitrogen and oxygen atoms in total. The zero-order valence-electron chi connectivity index (χ0n) is 8.82. The van der Waals surface area contributed by atoms with Gasteiger partial charge < -0.3 is 10.6 Å². The van der Waals surface area contributed by atoms with Crippen LogP contribution in [-0.4, -0.2) is 29.4 Å². The minimum atomic E-state index is -0.377. The quantitative estimate of drug-likeness (QED) is 0.767. The maximum absolute atomic E-state index is 13.0. The number of benzene rings is 1. The Morgan fingerprint density at radius 1 is 1.56 bits per heavy atom. The lowest BCUT2D eigenvalue weighted by Gasteiger charge is -2.19. The molecule has 0 radical (unpaired) electrons. The second-order valence-electron chi connectivity index (χ2n) is 4.83. The van der Waals surface area contributed by atoms with Gasteiger partial charge in [0.05, 0.1) is 0 Å². The summed E-state index contributed by atoms with van der Waals surface area (Å²) in [6.45, 7) is 1.32.